The number of pyridine rings is 2. The van der Waals surface area contributed by atoms with Crippen LogP contribution < -0.4 is 26.3 Å². The maximum atomic E-state index is 14.8. The Labute approximate surface area is 237 Å². The Morgan fingerprint density at radius 3 is 2.63 bits per heavy atom. The van der Waals surface area contributed by atoms with Gasteiger partial charge in [0, 0.05) is 25.3 Å². The molecule has 0 unspecified atom stereocenters. The third kappa shape index (κ3) is 5.99. The predicted molar refractivity (Wildman–Crippen MR) is 150 cm³/mol. The van der Waals surface area contributed by atoms with E-state index < -0.39 is 40.8 Å². The minimum Gasteiger partial charge on any atom is -0.477 e. The molecule has 3 aromatic rings. The monoisotopic (exact) mass is 588 g/mol. The molecule has 15 heteroatoms. The van der Waals surface area contributed by atoms with Crippen molar-refractivity contribution in [2.24, 2.45) is 0 Å². The number of hydrogen-bond acceptors (Lipinski definition) is 9. The van der Waals surface area contributed by atoms with E-state index in [-0.39, 0.29) is 59.9 Å². The van der Waals surface area contributed by atoms with Gasteiger partial charge in [0.15, 0.2) is 11.6 Å². The summed E-state index contributed by atoms with van der Waals surface area (Å²) in [6.45, 7) is 0.777. The fraction of sp³-hybridized carbons (Fsp3) is 0.346. The summed E-state index contributed by atoms with van der Waals surface area (Å²) in [5.41, 5.74) is -0.548. The summed E-state index contributed by atoms with van der Waals surface area (Å²) in [4.78, 5) is 41.9. The van der Waals surface area contributed by atoms with Crippen LogP contribution in [0.25, 0.3) is 11.0 Å². The van der Waals surface area contributed by atoms with Crippen molar-refractivity contribution in [3.63, 3.8) is 0 Å². The third-order valence-electron chi connectivity index (χ3n) is 6.66. The summed E-state index contributed by atoms with van der Waals surface area (Å²) in [6, 6.07) is 5.24. The first kappa shape index (κ1) is 28.0. The molecule has 1 saturated heterocycles. The lowest BCUT2D eigenvalue weighted by atomic mass is 10.2. The zero-order valence-corrected chi connectivity index (χ0v) is 22.6. The highest BCUT2D eigenvalue weighted by atomic mass is 32.1. The van der Waals surface area contributed by atoms with E-state index in [1.807, 2.05) is 0 Å². The number of carboxylic acids is 1. The molecule has 1 aliphatic carbocycles. The summed E-state index contributed by atoms with van der Waals surface area (Å²) in [5.74, 6) is -2.92. The Hall–Kier alpha value is -4.53. The summed E-state index contributed by atoms with van der Waals surface area (Å²) in [6.07, 6.45) is 1.74. The Bertz CT molecular complexity index is 1600. The van der Waals surface area contributed by atoms with Crippen molar-refractivity contribution >= 4 is 57.7 Å². The van der Waals surface area contributed by atoms with Gasteiger partial charge in [-0.2, -0.15) is 0 Å². The number of anilines is 3. The standard InChI is InChI=1S/C26H26F2N6O6S/c1-39-25(41)31-10-15-11-34(26(38)40-15)14-4-5-20(18(27)8-14)29-6-7-30-22-19(28)9-16-21(35)17(24(36)37)12-33(13-2-3-13)23(16)32-22/h4-5,8-9,12-13,15,29H,2-3,6-7,10-11H2,1H3,(H,30,32)(H,31,41)(H,36,37)/t15-/m0/s1. The highest BCUT2D eigenvalue weighted by Crippen LogP contribution is 2.37. The second-order valence-electron chi connectivity index (χ2n) is 9.51. The molecule has 1 saturated carbocycles. The summed E-state index contributed by atoms with van der Waals surface area (Å²) < 4.78 is 41.3. The number of carboxylic acid groups (broad SMARTS) is 1. The number of carbonyl (C=O) groups is 2. The molecule has 1 atom stereocenters. The second-order valence-corrected chi connectivity index (χ2v) is 9.88. The molecule has 0 radical (unpaired) electrons. The Morgan fingerprint density at radius 2 is 1.95 bits per heavy atom. The van der Waals surface area contributed by atoms with Crippen LogP contribution in [0.3, 0.4) is 0 Å². The van der Waals surface area contributed by atoms with Crippen LogP contribution in [0.4, 0.5) is 30.8 Å². The number of halogens is 2. The fourth-order valence-corrected chi connectivity index (χ4v) is 4.54. The van der Waals surface area contributed by atoms with Gasteiger partial charge in [0.25, 0.3) is 5.17 Å². The number of ether oxygens (including phenoxy) is 2. The lowest BCUT2D eigenvalue weighted by molar-refractivity contribution is 0.0694. The second kappa shape index (κ2) is 11.5. The molecule has 5 rings (SSSR count). The number of thiocarbonyl (C=S) groups is 1. The van der Waals surface area contributed by atoms with Crippen LogP contribution in [0.1, 0.15) is 29.2 Å². The number of nitrogens with zero attached hydrogens (tertiary/aromatic N) is 3. The molecule has 12 nitrogen and oxygen atoms in total. The van der Waals surface area contributed by atoms with Gasteiger partial charge in [0.05, 0.1) is 37.0 Å². The molecule has 0 spiro atoms. The van der Waals surface area contributed by atoms with Gasteiger partial charge in [-0.25, -0.2) is 23.4 Å². The lowest BCUT2D eigenvalue weighted by Gasteiger charge is -2.16. The molecule has 1 amide bonds. The minimum atomic E-state index is -1.38. The first-order chi connectivity index (χ1) is 19.7. The van der Waals surface area contributed by atoms with E-state index in [1.165, 1.54) is 30.3 Å². The molecular weight excluding hydrogens is 562 g/mol. The average molecular weight is 589 g/mol. The number of fused-ring (bicyclic) bond motifs is 1. The van der Waals surface area contributed by atoms with Gasteiger partial charge in [0.1, 0.15) is 23.1 Å². The highest BCUT2D eigenvalue weighted by molar-refractivity contribution is 7.80. The van der Waals surface area contributed by atoms with Crippen molar-refractivity contribution in [1.29, 1.82) is 0 Å². The normalized spacial score (nSPS) is 16.4. The molecule has 2 fully saturated rings. The number of aromatic carboxylic acids is 1. The molecule has 216 valence electrons. The maximum absolute atomic E-state index is 14.8. The Kier molecular flexibility index (Phi) is 7.88. The van der Waals surface area contributed by atoms with Crippen LogP contribution >= 0.6 is 12.2 Å². The van der Waals surface area contributed by atoms with E-state index >= 15 is 0 Å². The van der Waals surface area contributed by atoms with E-state index in [9.17, 15) is 28.3 Å². The summed E-state index contributed by atoms with van der Waals surface area (Å²) in [7, 11) is 1.42. The number of carbonyl (C=O) groups excluding carboxylic acids is 1. The van der Waals surface area contributed by atoms with Gasteiger partial charge >= 0.3 is 12.1 Å². The van der Waals surface area contributed by atoms with Gasteiger partial charge < -0.3 is 35.1 Å². The minimum absolute atomic E-state index is 0.00606. The molecule has 1 aromatic carbocycles. The van der Waals surface area contributed by atoms with Gasteiger partial charge in [0.2, 0.25) is 5.43 Å². The molecule has 0 bridgehead atoms. The first-order valence-corrected chi connectivity index (χ1v) is 13.1. The van der Waals surface area contributed by atoms with Crippen molar-refractivity contribution < 1.29 is 33.0 Å². The average Bonchev–Trinajstić information content (AvgIpc) is 3.72. The van der Waals surface area contributed by atoms with Crippen molar-refractivity contribution in [3.8, 4) is 0 Å². The van der Waals surface area contributed by atoms with Crippen LogP contribution in [0.2, 0.25) is 0 Å². The molecular formula is C26H26F2N6O6S. The molecule has 4 N–H and O–H groups in total. The van der Waals surface area contributed by atoms with E-state index in [4.69, 9.17) is 21.7 Å². The summed E-state index contributed by atoms with van der Waals surface area (Å²) >= 11 is 4.90. The third-order valence-corrected chi connectivity index (χ3v) is 6.97. The largest absolute Gasteiger partial charge is 0.477 e. The quantitative estimate of drug-likeness (QED) is 0.205. The SMILES string of the molecule is COC(=S)NC[C@H]1CN(c2ccc(NCCNc3nc4c(cc3F)c(=O)c(C(=O)O)cn4C3CC3)c(F)c2)C(=O)O1. The van der Waals surface area contributed by atoms with Gasteiger partial charge in [-0.15, -0.1) is 0 Å². The maximum Gasteiger partial charge on any atom is 0.414 e. The van der Waals surface area contributed by atoms with Crippen LogP contribution in [0, 0.1) is 11.6 Å². The summed E-state index contributed by atoms with van der Waals surface area (Å²) in [5, 5.41) is 18.0. The number of rotatable bonds is 10. The molecule has 2 aliphatic rings. The number of nitrogens with one attached hydrogen (secondary N) is 3. The van der Waals surface area contributed by atoms with Crippen molar-refractivity contribution in [2.45, 2.75) is 25.0 Å². The number of benzene rings is 1. The van der Waals surface area contributed by atoms with Gasteiger partial charge in [-0.3, -0.25) is 9.69 Å². The lowest BCUT2D eigenvalue weighted by Crippen LogP contribution is -2.34. The van der Waals surface area contributed by atoms with Crippen molar-refractivity contribution in [3.05, 3.63) is 57.9 Å². The van der Waals surface area contributed by atoms with Crippen LogP contribution in [0.5, 0.6) is 0 Å². The number of cyclic esters (lactones) is 1. The number of aromatic nitrogens is 2. The fourth-order valence-electron chi connectivity index (χ4n) is 4.46. The van der Waals surface area contributed by atoms with Crippen LogP contribution in [-0.4, -0.2) is 71.3 Å². The number of amides is 1. The molecule has 2 aromatic heterocycles. The Morgan fingerprint density at radius 1 is 1.20 bits per heavy atom. The molecule has 3 heterocycles. The molecule has 1 aliphatic heterocycles. The smallest absolute Gasteiger partial charge is 0.414 e. The zero-order valence-electron chi connectivity index (χ0n) is 21.8. The number of methoxy groups -OCH3 is 1. The predicted octanol–water partition coefficient (Wildman–Crippen LogP) is 3.08. The number of hydrogen-bond donors (Lipinski definition) is 4. The molecule has 41 heavy (non-hydrogen) atoms. The highest BCUT2D eigenvalue weighted by Gasteiger charge is 2.33. The van der Waals surface area contributed by atoms with E-state index in [0.29, 0.717) is 5.69 Å². The van der Waals surface area contributed by atoms with E-state index in [1.54, 1.807) is 10.6 Å². The first-order valence-electron chi connectivity index (χ1n) is 12.7. The van der Waals surface area contributed by atoms with Crippen molar-refractivity contribution in [2.75, 3.05) is 48.8 Å². The van der Waals surface area contributed by atoms with Gasteiger partial charge in [-0.1, -0.05) is 0 Å². The Balaban J connectivity index is 1.21. The zero-order chi connectivity index (χ0) is 29.3. The van der Waals surface area contributed by atoms with Crippen molar-refractivity contribution in [1.82, 2.24) is 14.9 Å². The van der Waals surface area contributed by atoms with Crippen LogP contribution in [0.15, 0.2) is 35.3 Å². The van der Waals surface area contributed by atoms with E-state index in [0.717, 1.165) is 18.9 Å². The van der Waals surface area contributed by atoms with Crippen LogP contribution in [-0.2, 0) is 9.47 Å². The topological polar surface area (TPSA) is 147 Å². The van der Waals surface area contributed by atoms with E-state index in [2.05, 4.69) is 20.9 Å². The van der Waals surface area contributed by atoms with Gasteiger partial charge in [-0.05, 0) is 49.3 Å².